The number of hydrogen-bond donors (Lipinski definition) is 1. The Morgan fingerprint density at radius 1 is 1.35 bits per heavy atom. The van der Waals surface area contributed by atoms with E-state index in [9.17, 15) is 4.39 Å². The van der Waals surface area contributed by atoms with Crippen LogP contribution in [0.25, 0.3) is 0 Å². The summed E-state index contributed by atoms with van der Waals surface area (Å²) < 4.78 is 13.5. The Balaban J connectivity index is 2.04. The number of halogens is 1. The van der Waals surface area contributed by atoms with Crippen LogP contribution in [0.4, 0.5) is 4.39 Å². The molecule has 1 aromatic carbocycles. The van der Waals surface area contributed by atoms with Crippen LogP contribution in [0.3, 0.4) is 0 Å². The van der Waals surface area contributed by atoms with Gasteiger partial charge in [0.25, 0.3) is 0 Å². The third kappa shape index (κ3) is 3.35. The van der Waals surface area contributed by atoms with Gasteiger partial charge in [-0.05, 0) is 31.6 Å². The van der Waals surface area contributed by atoms with Gasteiger partial charge in [-0.15, -0.1) is 11.3 Å². The molecule has 2 aromatic rings. The number of likely N-dealkylation sites (N-methyl/N-ethyl adjacent to an activating group) is 1. The smallest absolute Gasteiger partial charge is 0.126 e. The van der Waals surface area contributed by atoms with Crippen molar-refractivity contribution < 1.29 is 4.39 Å². The first-order chi connectivity index (χ1) is 8.29. The zero-order valence-electron chi connectivity index (χ0n) is 9.74. The number of hydrogen-bond acceptors (Lipinski definition) is 3. The number of aromatic nitrogens is 1. The second-order valence-electron chi connectivity index (χ2n) is 3.84. The van der Waals surface area contributed by atoms with E-state index in [2.05, 4.69) is 10.3 Å². The lowest BCUT2D eigenvalue weighted by Gasteiger charge is -1.99. The maximum atomic E-state index is 13.5. The van der Waals surface area contributed by atoms with Crippen LogP contribution in [0.2, 0.25) is 0 Å². The molecule has 0 bridgehead atoms. The van der Waals surface area contributed by atoms with E-state index >= 15 is 0 Å². The largest absolute Gasteiger partial charge is 0.319 e. The van der Waals surface area contributed by atoms with Gasteiger partial charge in [0, 0.05) is 17.5 Å². The van der Waals surface area contributed by atoms with Gasteiger partial charge in [0.2, 0.25) is 0 Å². The summed E-state index contributed by atoms with van der Waals surface area (Å²) in [5.41, 5.74) is 0.710. The first-order valence-corrected chi connectivity index (χ1v) is 6.43. The van der Waals surface area contributed by atoms with Crippen LogP contribution in [0, 0.1) is 5.82 Å². The van der Waals surface area contributed by atoms with Crippen molar-refractivity contribution in [2.24, 2.45) is 0 Å². The lowest BCUT2D eigenvalue weighted by Crippen LogP contribution is -2.09. The summed E-state index contributed by atoms with van der Waals surface area (Å²) in [5.74, 6) is -0.153. The predicted octanol–water partition coefficient (Wildman–Crippen LogP) is 2.63. The fraction of sp³-hybridized carbons (Fsp3) is 0.308. The van der Waals surface area contributed by atoms with Crippen LogP contribution >= 0.6 is 11.3 Å². The Morgan fingerprint density at radius 2 is 2.18 bits per heavy atom. The van der Waals surface area contributed by atoms with Crippen LogP contribution in [-0.2, 0) is 12.8 Å². The second-order valence-corrected chi connectivity index (χ2v) is 5.04. The van der Waals surface area contributed by atoms with Gasteiger partial charge >= 0.3 is 0 Å². The highest BCUT2D eigenvalue weighted by Crippen LogP contribution is 2.18. The van der Waals surface area contributed by atoms with Crippen molar-refractivity contribution in [1.29, 1.82) is 0 Å². The van der Waals surface area contributed by atoms with E-state index in [-0.39, 0.29) is 5.82 Å². The van der Waals surface area contributed by atoms with Gasteiger partial charge < -0.3 is 5.32 Å². The van der Waals surface area contributed by atoms with E-state index in [4.69, 9.17) is 0 Å². The minimum absolute atomic E-state index is 0.153. The molecule has 1 aromatic heterocycles. The van der Waals surface area contributed by atoms with Gasteiger partial charge in [-0.25, -0.2) is 9.37 Å². The molecule has 0 unspecified atom stereocenters. The highest BCUT2D eigenvalue weighted by molar-refractivity contribution is 7.11. The Morgan fingerprint density at radius 3 is 2.94 bits per heavy atom. The molecule has 4 heteroatoms. The Hall–Kier alpha value is -1.26. The minimum Gasteiger partial charge on any atom is -0.319 e. The molecule has 2 nitrogen and oxygen atoms in total. The van der Waals surface area contributed by atoms with E-state index in [1.54, 1.807) is 17.4 Å². The molecule has 0 saturated carbocycles. The summed E-state index contributed by atoms with van der Waals surface area (Å²) in [5, 5.41) is 4.08. The average molecular weight is 250 g/mol. The van der Waals surface area contributed by atoms with E-state index in [0.717, 1.165) is 18.0 Å². The molecule has 2 rings (SSSR count). The van der Waals surface area contributed by atoms with Crippen LogP contribution in [-0.4, -0.2) is 18.6 Å². The molecule has 0 spiro atoms. The molecular weight excluding hydrogens is 235 g/mol. The molecule has 0 saturated heterocycles. The van der Waals surface area contributed by atoms with Crippen LogP contribution in [0.15, 0.2) is 30.5 Å². The van der Waals surface area contributed by atoms with E-state index in [1.807, 2.05) is 25.4 Å². The molecule has 90 valence electrons. The van der Waals surface area contributed by atoms with E-state index < -0.39 is 0 Å². The molecule has 0 aliphatic carbocycles. The topological polar surface area (TPSA) is 24.9 Å². The SMILES string of the molecule is CNCCc1cnc(Cc2ccccc2F)s1. The zero-order valence-corrected chi connectivity index (χ0v) is 10.6. The quantitative estimate of drug-likeness (QED) is 0.882. The van der Waals surface area contributed by atoms with Crippen molar-refractivity contribution in [2.45, 2.75) is 12.8 Å². The molecule has 1 heterocycles. The van der Waals surface area contributed by atoms with Crippen LogP contribution in [0.5, 0.6) is 0 Å². The van der Waals surface area contributed by atoms with Crippen molar-refractivity contribution in [2.75, 3.05) is 13.6 Å². The van der Waals surface area contributed by atoms with Gasteiger partial charge in [-0.3, -0.25) is 0 Å². The van der Waals surface area contributed by atoms with Crippen LogP contribution in [0.1, 0.15) is 15.4 Å². The van der Waals surface area contributed by atoms with Gasteiger partial charge in [-0.2, -0.15) is 0 Å². The summed E-state index contributed by atoms with van der Waals surface area (Å²) in [6.45, 7) is 0.946. The summed E-state index contributed by atoms with van der Waals surface area (Å²) in [4.78, 5) is 5.57. The maximum Gasteiger partial charge on any atom is 0.126 e. The molecular formula is C13H15FN2S. The highest BCUT2D eigenvalue weighted by atomic mass is 32.1. The normalized spacial score (nSPS) is 10.7. The minimum atomic E-state index is -0.153. The summed E-state index contributed by atoms with van der Waals surface area (Å²) in [6, 6.07) is 6.86. The van der Waals surface area contributed by atoms with Gasteiger partial charge in [0.1, 0.15) is 5.82 Å². The predicted molar refractivity (Wildman–Crippen MR) is 69.0 cm³/mol. The Kier molecular flexibility index (Phi) is 4.23. The third-order valence-electron chi connectivity index (χ3n) is 2.52. The fourth-order valence-corrected chi connectivity index (χ4v) is 2.54. The molecule has 0 fully saturated rings. The second kappa shape index (κ2) is 5.89. The number of benzene rings is 1. The van der Waals surface area contributed by atoms with Gasteiger partial charge in [-0.1, -0.05) is 18.2 Å². The highest BCUT2D eigenvalue weighted by Gasteiger charge is 2.06. The third-order valence-corrected chi connectivity index (χ3v) is 3.58. The molecule has 1 N–H and O–H groups in total. The lowest BCUT2D eigenvalue weighted by atomic mass is 10.1. The molecule has 0 amide bonds. The van der Waals surface area contributed by atoms with Crippen LogP contribution < -0.4 is 5.32 Å². The van der Waals surface area contributed by atoms with Crippen molar-refractivity contribution in [1.82, 2.24) is 10.3 Å². The summed E-state index contributed by atoms with van der Waals surface area (Å²) in [7, 11) is 1.93. The van der Waals surface area contributed by atoms with Crippen molar-refractivity contribution in [3.8, 4) is 0 Å². The summed E-state index contributed by atoms with van der Waals surface area (Å²) >= 11 is 1.66. The Labute approximate surface area is 105 Å². The molecule has 17 heavy (non-hydrogen) atoms. The molecule has 0 radical (unpaired) electrons. The maximum absolute atomic E-state index is 13.5. The van der Waals surface area contributed by atoms with E-state index in [1.165, 1.54) is 10.9 Å². The molecule has 0 atom stereocenters. The first-order valence-electron chi connectivity index (χ1n) is 5.61. The monoisotopic (exact) mass is 250 g/mol. The fourth-order valence-electron chi connectivity index (χ4n) is 1.60. The molecule has 0 aliphatic rings. The number of nitrogens with zero attached hydrogens (tertiary/aromatic N) is 1. The number of nitrogens with one attached hydrogen (secondary N) is 1. The standard InChI is InChI=1S/C13H15FN2S/c1-15-7-6-11-9-16-13(17-11)8-10-4-2-3-5-12(10)14/h2-5,9,15H,6-8H2,1H3. The van der Waals surface area contributed by atoms with Gasteiger partial charge in [0.15, 0.2) is 0 Å². The van der Waals surface area contributed by atoms with Crippen molar-refractivity contribution in [3.05, 3.63) is 51.7 Å². The van der Waals surface area contributed by atoms with Crippen molar-refractivity contribution >= 4 is 11.3 Å². The van der Waals surface area contributed by atoms with Crippen molar-refractivity contribution in [3.63, 3.8) is 0 Å². The lowest BCUT2D eigenvalue weighted by molar-refractivity contribution is 0.614. The average Bonchev–Trinajstić information content (AvgIpc) is 2.77. The van der Waals surface area contributed by atoms with Gasteiger partial charge in [0.05, 0.1) is 5.01 Å². The first kappa shape index (κ1) is 12.2. The summed E-state index contributed by atoms with van der Waals surface area (Å²) in [6.07, 6.45) is 3.44. The zero-order chi connectivity index (χ0) is 12.1. The Bertz CT molecular complexity index is 482. The number of rotatable bonds is 5. The molecule has 0 aliphatic heterocycles. The van der Waals surface area contributed by atoms with E-state index in [0.29, 0.717) is 12.0 Å². The number of thiazole rings is 1.